The van der Waals surface area contributed by atoms with Crippen molar-refractivity contribution in [1.82, 2.24) is 14.4 Å². The fraction of sp³-hybridized carbons (Fsp3) is 0.261. The maximum Gasteiger partial charge on any atom is 0.253 e. The molecule has 4 nitrogen and oxygen atoms in total. The summed E-state index contributed by atoms with van der Waals surface area (Å²) in [6, 6.07) is 22.4. The molecule has 138 valence electrons. The number of hydrogen-bond donors (Lipinski definition) is 0. The van der Waals surface area contributed by atoms with Crippen LogP contribution >= 0.6 is 0 Å². The number of rotatable bonds is 4. The normalized spacial score (nSPS) is 15.5. The van der Waals surface area contributed by atoms with Crippen molar-refractivity contribution in [3.63, 3.8) is 0 Å². The summed E-state index contributed by atoms with van der Waals surface area (Å²) in [4.78, 5) is 17.4. The van der Waals surface area contributed by atoms with E-state index in [2.05, 4.69) is 29.2 Å². The molecule has 0 radical (unpaired) electrons. The van der Waals surface area contributed by atoms with Gasteiger partial charge in [-0.2, -0.15) is 0 Å². The second-order valence-corrected chi connectivity index (χ2v) is 7.04. The first kappa shape index (κ1) is 17.6. The Bertz CT molecular complexity index is 856. The van der Waals surface area contributed by atoms with E-state index in [4.69, 9.17) is 0 Å². The Kier molecular flexibility index (Phi) is 5.35. The van der Waals surface area contributed by atoms with Crippen molar-refractivity contribution in [1.29, 1.82) is 0 Å². The largest absolute Gasteiger partial charge is 0.337 e. The number of benzene rings is 2. The van der Waals surface area contributed by atoms with Gasteiger partial charge < -0.3 is 9.47 Å². The molecular weight excluding hydrogens is 334 g/mol. The molecule has 4 heteroatoms. The van der Waals surface area contributed by atoms with Gasteiger partial charge in [-0.25, -0.2) is 0 Å². The smallest absolute Gasteiger partial charge is 0.253 e. The number of aromatic nitrogens is 1. The fourth-order valence-corrected chi connectivity index (χ4v) is 3.64. The lowest BCUT2D eigenvalue weighted by Gasteiger charge is -2.22. The summed E-state index contributed by atoms with van der Waals surface area (Å²) in [6.45, 7) is 4.51. The van der Waals surface area contributed by atoms with Gasteiger partial charge in [0.25, 0.3) is 5.91 Å². The number of carbonyl (C=O) groups excluding carboxylic acids is 1. The molecule has 0 bridgehead atoms. The minimum atomic E-state index is 0.135. The van der Waals surface area contributed by atoms with Gasteiger partial charge in [-0.05, 0) is 48.4 Å². The first-order valence-electron chi connectivity index (χ1n) is 9.58. The van der Waals surface area contributed by atoms with Crippen LogP contribution in [0.1, 0.15) is 22.3 Å². The molecule has 0 atom stereocenters. The summed E-state index contributed by atoms with van der Waals surface area (Å²) in [5.41, 5.74) is 3.17. The quantitative estimate of drug-likeness (QED) is 0.708. The van der Waals surface area contributed by atoms with Crippen LogP contribution < -0.4 is 0 Å². The van der Waals surface area contributed by atoms with Crippen molar-refractivity contribution < 1.29 is 4.79 Å². The van der Waals surface area contributed by atoms with Crippen molar-refractivity contribution in [3.05, 3.63) is 90.3 Å². The van der Waals surface area contributed by atoms with Gasteiger partial charge in [-0.3, -0.25) is 9.69 Å². The lowest BCUT2D eigenvalue weighted by atomic mass is 10.1. The zero-order valence-corrected chi connectivity index (χ0v) is 15.5. The summed E-state index contributed by atoms with van der Waals surface area (Å²) in [5, 5.41) is 0. The van der Waals surface area contributed by atoms with E-state index in [0.717, 1.165) is 50.4 Å². The topological polar surface area (TPSA) is 28.5 Å². The van der Waals surface area contributed by atoms with Gasteiger partial charge >= 0.3 is 0 Å². The Morgan fingerprint density at radius 1 is 0.778 bits per heavy atom. The SMILES string of the molecule is O=C(c1ccc(-n2cccc2)cc1)N1CCCN(Cc2ccccc2)CC1. The minimum Gasteiger partial charge on any atom is -0.337 e. The number of amides is 1. The van der Waals surface area contributed by atoms with Crippen molar-refractivity contribution >= 4 is 5.91 Å². The minimum absolute atomic E-state index is 0.135. The van der Waals surface area contributed by atoms with E-state index in [1.807, 2.05) is 64.3 Å². The highest BCUT2D eigenvalue weighted by Gasteiger charge is 2.20. The summed E-state index contributed by atoms with van der Waals surface area (Å²) < 4.78 is 2.04. The predicted molar refractivity (Wildman–Crippen MR) is 108 cm³/mol. The average molecular weight is 359 g/mol. The Morgan fingerprint density at radius 2 is 1.52 bits per heavy atom. The van der Waals surface area contributed by atoms with Gasteiger partial charge in [0.15, 0.2) is 0 Å². The van der Waals surface area contributed by atoms with E-state index >= 15 is 0 Å². The predicted octanol–water partition coefficient (Wildman–Crippen LogP) is 3.83. The third-order valence-corrected chi connectivity index (χ3v) is 5.14. The molecule has 1 aliphatic heterocycles. The van der Waals surface area contributed by atoms with Gasteiger partial charge in [0.1, 0.15) is 0 Å². The third kappa shape index (κ3) is 4.29. The number of hydrogen-bond acceptors (Lipinski definition) is 2. The highest BCUT2D eigenvalue weighted by molar-refractivity contribution is 5.94. The second-order valence-electron chi connectivity index (χ2n) is 7.04. The van der Waals surface area contributed by atoms with E-state index in [0.29, 0.717) is 0 Å². The van der Waals surface area contributed by atoms with Crippen LogP contribution in [0.4, 0.5) is 0 Å². The molecule has 0 unspecified atom stereocenters. The first-order chi connectivity index (χ1) is 13.3. The molecule has 4 rings (SSSR count). The summed E-state index contributed by atoms with van der Waals surface area (Å²) in [5.74, 6) is 0.135. The van der Waals surface area contributed by atoms with Crippen LogP contribution in [0, 0.1) is 0 Å². The molecule has 1 aromatic heterocycles. The maximum atomic E-state index is 12.9. The van der Waals surface area contributed by atoms with E-state index in [-0.39, 0.29) is 5.91 Å². The molecule has 3 aromatic rings. The van der Waals surface area contributed by atoms with Crippen molar-refractivity contribution in [3.8, 4) is 5.69 Å². The molecule has 0 N–H and O–H groups in total. The van der Waals surface area contributed by atoms with Gasteiger partial charge in [-0.1, -0.05) is 30.3 Å². The molecular formula is C23H25N3O. The Labute approximate surface area is 160 Å². The van der Waals surface area contributed by atoms with Crippen molar-refractivity contribution in [2.75, 3.05) is 26.2 Å². The molecule has 1 fully saturated rings. The van der Waals surface area contributed by atoms with Gasteiger partial charge in [-0.15, -0.1) is 0 Å². The molecule has 0 spiro atoms. The van der Waals surface area contributed by atoms with Crippen LogP contribution in [-0.4, -0.2) is 46.5 Å². The third-order valence-electron chi connectivity index (χ3n) is 5.14. The van der Waals surface area contributed by atoms with Crippen molar-refractivity contribution in [2.45, 2.75) is 13.0 Å². The Morgan fingerprint density at radius 3 is 2.26 bits per heavy atom. The van der Waals surface area contributed by atoms with Gasteiger partial charge in [0.2, 0.25) is 0 Å². The molecule has 0 saturated carbocycles. The monoisotopic (exact) mass is 359 g/mol. The summed E-state index contributed by atoms with van der Waals surface area (Å²) in [7, 11) is 0. The molecule has 2 heterocycles. The number of nitrogens with zero attached hydrogens (tertiary/aromatic N) is 3. The lowest BCUT2D eigenvalue weighted by Crippen LogP contribution is -2.35. The van der Waals surface area contributed by atoms with Crippen LogP contribution in [0.2, 0.25) is 0 Å². The van der Waals surface area contributed by atoms with E-state index < -0.39 is 0 Å². The van der Waals surface area contributed by atoms with Crippen LogP contribution in [-0.2, 0) is 6.54 Å². The molecule has 1 aliphatic rings. The highest BCUT2D eigenvalue weighted by atomic mass is 16.2. The Balaban J connectivity index is 1.38. The molecule has 1 amide bonds. The molecule has 2 aromatic carbocycles. The number of carbonyl (C=O) groups is 1. The second kappa shape index (κ2) is 8.23. The molecule has 1 saturated heterocycles. The van der Waals surface area contributed by atoms with Crippen molar-refractivity contribution in [2.24, 2.45) is 0 Å². The maximum absolute atomic E-state index is 12.9. The standard InChI is InChI=1S/C23H25N3O/c27-23(21-9-11-22(12-10-21)25-14-4-5-15-25)26-16-6-13-24(17-18-26)19-20-7-2-1-3-8-20/h1-5,7-12,14-15H,6,13,16-19H2. The lowest BCUT2D eigenvalue weighted by molar-refractivity contribution is 0.0761. The van der Waals surface area contributed by atoms with E-state index in [1.165, 1.54) is 5.56 Å². The summed E-state index contributed by atoms with van der Waals surface area (Å²) in [6.07, 6.45) is 5.03. The Hall–Kier alpha value is -2.85. The van der Waals surface area contributed by atoms with E-state index in [9.17, 15) is 4.79 Å². The van der Waals surface area contributed by atoms with Gasteiger partial charge in [0, 0.05) is 56.4 Å². The van der Waals surface area contributed by atoms with Crippen LogP contribution in [0.3, 0.4) is 0 Å². The molecule has 27 heavy (non-hydrogen) atoms. The van der Waals surface area contributed by atoms with Crippen LogP contribution in [0.25, 0.3) is 5.69 Å². The molecule has 0 aliphatic carbocycles. The zero-order chi connectivity index (χ0) is 18.5. The van der Waals surface area contributed by atoms with Crippen LogP contribution in [0.5, 0.6) is 0 Å². The first-order valence-corrected chi connectivity index (χ1v) is 9.58. The fourth-order valence-electron chi connectivity index (χ4n) is 3.64. The highest BCUT2D eigenvalue weighted by Crippen LogP contribution is 2.14. The zero-order valence-electron chi connectivity index (χ0n) is 15.5. The van der Waals surface area contributed by atoms with Gasteiger partial charge in [0.05, 0.1) is 0 Å². The van der Waals surface area contributed by atoms with E-state index in [1.54, 1.807) is 0 Å². The van der Waals surface area contributed by atoms with Crippen LogP contribution in [0.15, 0.2) is 79.1 Å². The average Bonchev–Trinajstić information content (AvgIpc) is 3.16. The summed E-state index contributed by atoms with van der Waals surface area (Å²) >= 11 is 0.